The average molecular weight is 330 g/mol. The van der Waals surface area contributed by atoms with Crippen molar-refractivity contribution in [2.24, 2.45) is 5.92 Å². The van der Waals surface area contributed by atoms with Crippen LogP contribution in [0.15, 0.2) is 23.4 Å². The van der Waals surface area contributed by atoms with Crippen molar-refractivity contribution in [2.75, 3.05) is 13.1 Å². The monoisotopic (exact) mass is 329 g/mol. The fourth-order valence-electron chi connectivity index (χ4n) is 2.99. The zero-order chi connectivity index (χ0) is 15.0. The molecule has 3 rings (SSSR count). The van der Waals surface area contributed by atoms with Gasteiger partial charge in [0.15, 0.2) is 0 Å². The topological polar surface area (TPSA) is 79.4 Å². The van der Waals surface area contributed by atoms with Gasteiger partial charge in [-0.05, 0) is 24.8 Å². The highest BCUT2D eigenvalue weighted by Crippen LogP contribution is 2.30. The van der Waals surface area contributed by atoms with E-state index >= 15 is 0 Å². The number of fused-ring (bicyclic) bond motifs is 1. The molecule has 3 heterocycles. The molecule has 21 heavy (non-hydrogen) atoms. The number of hydrogen-bond donors (Lipinski definition) is 1. The number of rotatable bonds is 2. The Balaban J connectivity index is 1.82. The standard InChI is InChI=1S/C13H16ClN3O3S/c14-10-3-5-15-7-12(10)21(19,20)17-6-4-11-9(8-17)1-2-13(18)16-11/h3,5,7,9,11H,1-2,4,6,8H2,(H,16,18). The van der Waals surface area contributed by atoms with Crippen LogP contribution >= 0.6 is 11.6 Å². The van der Waals surface area contributed by atoms with Gasteiger partial charge >= 0.3 is 0 Å². The van der Waals surface area contributed by atoms with Crippen LogP contribution in [0.3, 0.4) is 0 Å². The Bertz CT molecular complexity index is 664. The second kappa shape index (κ2) is 5.55. The second-order valence-electron chi connectivity index (χ2n) is 5.43. The molecule has 0 saturated carbocycles. The third-order valence-corrected chi connectivity index (χ3v) is 6.47. The Labute approximate surface area is 128 Å². The maximum Gasteiger partial charge on any atom is 0.246 e. The lowest BCUT2D eigenvalue weighted by molar-refractivity contribution is -0.124. The highest BCUT2D eigenvalue weighted by atomic mass is 35.5. The van der Waals surface area contributed by atoms with Gasteiger partial charge < -0.3 is 5.32 Å². The van der Waals surface area contributed by atoms with E-state index in [1.54, 1.807) is 0 Å². The van der Waals surface area contributed by atoms with Crippen LogP contribution in [0.4, 0.5) is 0 Å². The van der Waals surface area contributed by atoms with Crippen LogP contribution in [0.5, 0.6) is 0 Å². The maximum atomic E-state index is 12.7. The van der Waals surface area contributed by atoms with E-state index < -0.39 is 10.0 Å². The number of nitrogens with zero attached hydrogens (tertiary/aromatic N) is 2. The molecule has 2 saturated heterocycles. The van der Waals surface area contributed by atoms with E-state index in [0.29, 0.717) is 25.9 Å². The number of amides is 1. The highest BCUT2D eigenvalue weighted by Gasteiger charge is 2.38. The van der Waals surface area contributed by atoms with Crippen molar-refractivity contribution in [3.63, 3.8) is 0 Å². The van der Waals surface area contributed by atoms with Crippen molar-refractivity contribution in [2.45, 2.75) is 30.2 Å². The summed E-state index contributed by atoms with van der Waals surface area (Å²) in [5, 5.41) is 3.13. The predicted molar refractivity (Wildman–Crippen MR) is 77.3 cm³/mol. The zero-order valence-electron chi connectivity index (χ0n) is 11.3. The number of aromatic nitrogens is 1. The second-order valence-corrected chi connectivity index (χ2v) is 7.74. The first-order chi connectivity index (χ1) is 9.98. The number of halogens is 1. The van der Waals surface area contributed by atoms with Crippen molar-refractivity contribution in [3.05, 3.63) is 23.5 Å². The Hall–Kier alpha value is -1.18. The minimum absolute atomic E-state index is 0.0463. The molecule has 2 unspecified atom stereocenters. The van der Waals surface area contributed by atoms with Gasteiger partial charge in [-0.1, -0.05) is 11.6 Å². The summed E-state index contributed by atoms with van der Waals surface area (Å²) in [6.07, 6.45) is 4.57. The molecule has 2 aliphatic rings. The van der Waals surface area contributed by atoms with Gasteiger partial charge in [0.1, 0.15) is 4.90 Å². The zero-order valence-corrected chi connectivity index (χ0v) is 12.9. The lowest BCUT2D eigenvalue weighted by Gasteiger charge is -2.40. The van der Waals surface area contributed by atoms with Crippen LogP contribution in [0.1, 0.15) is 19.3 Å². The molecule has 0 aromatic carbocycles. The SMILES string of the molecule is O=C1CCC2CN(S(=O)(=O)c3cnccc3Cl)CCC2N1. The van der Waals surface area contributed by atoms with E-state index in [9.17, 15) is 13.2 Å². The van der Waals surface area contributed by atoms with Gasteiger partial charge in [0, 0.05) is 37.9 Å². The minimum Gasteiger partial charge on any atom is -0.353 e. The van der Waals surface area contributed by atoms with E-state index in [1.807, 2.05) is 0 Å². The van der Waals surface area contributed by atoms with Crippen molar-refractivity contribution >= 4 is 27.5 Å². The minimum atomic E-state index is -3.63. The molecular formula is C13H16ClN3O3S. The summed E-state index contributed by atoms with van der Waals surface area (Å²) < 4.78 is 26.8. The van der Waals surface area contributed by atoms with Gasteiger partial charge in [0.05, 0.1) is 5.02 Å². The van der Waals surface area contributed by atoms with Crippen LogP contribution in [-0.2, 0) is 14.8 Å². The first kappa shape index (κ1) is 14.7. The quantitative estimate of drug-likeness (QED) is 0.878. The van der Waals surface area contributed by atoms with Crippen LogP contribution in [0.2, 0.25) is 5.02 Å². The molecule has 1 aromatic rings. The van der Waals surface area contributed by atoms with E-state index in [4.69, 9.17) is 11.6 Å². The fourth-order valence-corrected chi connectivity index (χ4v) is 4.90. The van der Waals surface area contributed by atoms with Gasteiger partial charge in [-0.2, -0.15) is 4.31 Å². The molecule has 0 spiro atoms. The molecule has 0 aliphatic carbocycles. The van der Waals surface area contributed by atoms with Crippen molar-refractivity contribution in [1.82, 2.24) is 14.6 Å². The number of sulfonamides is 1. The first-order valence-corrected chi connectivity index (χ1v) is 8.69. The van der Waals surface area contributed by atoms with Crippen LogP contribution in [-0.4, -0.2) is 42.7 Å². The largest absolute Gasteiger partial charge is 0.353 e. The van der Waals surface area contributed by atoms with E-state index in [0.717, 1.165) is 6.42 Å². The molecule has 1 N–H and O–H groups in total. The number of hydrogen-bond acceptors (Lipinski definition) is 4. The average Bonchev–Trinajstić information content (AvgIpc) is 2.47. The molecular weight excluding hydrogens is 314 g/mol. The molecule has 6 nitrogen and oxygen atoms in total. The number of piperidine rings is 2. The number of carbonyl (C=O) groups is 1. The van der Waals surface area contributed by atoms with E-state index in [-0.39, 0.29) is 27.8 Å². The smallest absolute Gasteiger partial charge is 0.246 e. The summed E-state index contributed by atoms with van der Waals surface area (Å²) >= 11 is 5.98. The number of pyridine rings is 1. The molecule has 114 valence electrons. The molecule has 0 bridgehead atoms. The van der Waals surface area contributed by atoms with Crippen molar-refractivity contribution in [3.8, 4) is 0 Å². The summed E-state index contributed by atoms with van der Waals surface area (Å²) in [6, 6.07) is 1.56. The predicted octanol–water partition coefficient (Wildman–Crippen LogP) is 1.02. The summed E-state index contributed by atoms with van der Waals surface area (Å²) in [5.74, 6) is 0.226. The summed E-state index contributed by atoms with van der Waals surface area (Å²) in [6.45, 7) is 0.799. The van der Waals surface area contributed by atoms with Crippen LogP contribution in [0.25, 0.3) is 0 Å². The van der Waals surface area contributed by atoms with Crippen LogP contribution < -0.4 is 5.32 Å². The van der Waals surface area contributed by atoms with Gasteiger partial charge in [-0.25, -0.2) is 8.42 Å². The Morgan fingerprint density at radius 3 is 2.95 bits per heavy atom. The third kappa shape index (κ3) is 2.77. The molecule has 2 atom stereocenters. The molecule has 1 amide bonds. The van der Waals surface area contributed by atoms with E-state index in [2.05, 4.69) is 10.3 Å². The normalized spacial score (nSPS) is 27.0. The molecule has 8 heteroatoms. The highest BCUT2D eigenvalue weighted by molar-refractivity contribution is 7.89. The maximum absolute atomic E-state index is 12.7. The Morgan fingerprint density at radius 1 is 1.38 bits per heavy atom. The molecule has 0 radical (unpaired) electrons. The molecule has 2 fully saturated rings. The van der Waals surface area contributed by atoms with E-state index in [1.165, 1.54) is 22.8 Å². The third-order valence-electron chi connectivity index (χ3n) is 4.14. The first-order valence-electron chi connectivity index (χ1n) is 6.87. The summed E-state index contributed by atoms with van der Waals surface area (Å²) in [5.41, 5.74) is 0. The van der Waals surface area contributed by atoms with Gasteiger partial charge in [0.25, 0.3) is 0 Å². The summed E-state index contributed by atoms with van der Waals surface area (Å²) in [4.78, 5) is 15.3. The van der Waals surface area contributed by atoms with Gasteiger partial charge in [-0.15, -0.1) is 0 Å². The number of nitrogens with one attached hydrogen (secondary N) is 1. The summed E-state index contributed by atoms with van der Waals surface area (Å²) in [7, 11) is -3.63. The van der Waals surface area contributed by atoms with Crippen molar-refractivity contribution in [1.29, 1.82) is 0 Å². The Kier molecular flexibility index (Phi) is 3.90. The number of carbonyl (C=O) groups excluding carboxylic acids is 1. The van der Waals surface area contributed by atoms with Crippen LogP contribution in [0, 0.1) is 5.92 Å². The lowest BCUT2D eigenvalue weighted by atomic mass is 9.86. The fraction of sp³-hybridized carbons (Fsp3) is 0.538. The molecule has 1 aromatic heterocycles. The molecule has 2 aliphatic heterocycles. The van der Waals surface area contributed by atoms with Gasteiger partial charge in [-0.3, -0.25) is 9.78 Å². The van der Waals surface area contributed by atoms with Crippen molar-refractivity contribution < 1.29 is 13.2 Å². The Morgan fingerprint density at radius 2 is 2.19 bits per heavy atom. The lowest BCUT2D eigenvalue weighted by Crippen LogP contribution is -2.55. The van der Waals surface area contributed by atoms with Gasteiger partial charge in [0.2, 0.25) is 15.9 Å².